The van der Waals surface area contributed by atoms with E-state index < -0.39 is 0 Å². The summed E-state index contributed by atoms with van der Waals surface area (Å²) >= 11 is 6.08. The van der Waals surface area contributed by atoms with Gasteiger partial charge in [0.05, 0.1) is 0 Å². The van der Waals surface area contributed by atoms with Gasteiger partial charge in [-0.3, -0.25) is 0 Å². The Bertz CT molecular complexity index is 786. The van der Waals surface area contributed by atoms with Crippen LogP contribution < -0.4 is 0 Å². The van der Waals surface area contributed by atoms with Gasteiger partial charge in [-0.2, -0.15) is 0 Å². The summed E-state index contributed by atoms with van der Waals surface area (Å²) in [6, 6.07) is 27.3. The van der Waals surface area contributed by atoms with Crippen LogP contribution in [0.25, 0.3) is 6.08 Å². The minimum absolute atomic E-state index is 0.231. The molecule has 0 fully saturated rings. The van der Waals surface area contributed by atoms with Crippen LogP contribution in [0.2, 0.25) is 5.02 Å². The Kier molecular flexibility index (Phi) is 4.36. The van der Waals surface area contributed by atoms with Crippen LogP contribution in [0.4, 0.5) is 0 Å². The Morgan fingerprint density at radius 3 is 1.74 bits per heavy atom. The zero-order valence-electron chi connectivity index (χ0n) is 13.2. The molecule has 3 aromatic carbocycles. The molecule has 0 aliphatic carbocycles. The first-order chi connectivity index (χ1) is 11.1. The molecule has 0 bridgehead atoms. The van der Waals surface area contributed by atoms with Gasteiger partial charge in [0.15, 0.2) is 0 Å². The van der Waals surface area contributed by atoms with Crippen LogP contribution in [0.1, 0.15) is 29.2 Å². The fourth-order valence-corrected chi connectivity index (χ4v) is 3.13. The first-order valence-electron chi connectivity index (χ1n) is 7.69. The topological polar surface area (TPSA) is 0 Å². The Morgan fingerprint density at radius 2 is 1.22 bits per heavy atom. The molecule has 0 spiro atoms. The summed E-state index contributed by atoms with van der Waals surface area (Å²) in [6.07, 6.45) is 1.87. The normalized spacial score (nSPS) is 13.3. The first-order valence-corrected chi connectivity index (χ1v) is 8.07. The molecule has 1 unspecified atom stereocenters. The molecule has 1 atom stereocenters. The van der Waals surface area contributed by atoms with E-state index in [1.807, 2.05) is 24.3 Å². The molecule has 0 nitrogen and oxygen atoms in total. The molecular formula is C22H19Cl. The van der Waals surface area contributed by atoms with E-state index in [1.165, 1.54) is 16.7 Å². The van der Waals surface area contributed by atoms with Crippen LogP contribution in [0.3, 0.4) is 0 Å². The molecule has 0 amide bonds. The third-order valence-corrected chi connectivity index (χ3v) is 4.75. The zero-order valence-corrected chi connectivity index (χ0v) is 13.9. The minimum Gasteiger partial charge on any atom is -0.0985 e. The maximum Gasteiger partial charge on any atom is 0.0423 e. The predicted octanol–water partition coefficient (Wildman–Crippen LogP) is 6.34. The summed E-state index contributed by atoms with van der Waals surface area (Å²) < 4.78 is 0. The van der Waals surface area contributed by atoms with Crippen LogP contribution >= 0.6 is 11.6 Å². The minimum atomic E-state index is -0.231. The molecule has 3 aromatic rings. The lowest BCUT2D eigenvalue weighted by atomic mass is 9.71. The second-order valence-corrected chi connectivity index (χ2v) is 6.26. The van der Waals surface area contributed by atoms with Gasteiger partial charge < -0.3 is 0 Å². The highest BCUT2D eigenvalue weighted by atomic mass is 35.5. The van der Waals surface area contributed by atoms with Gasteiger partial charge >= 0.3 is 0 Å². The lowest BCUT2D eigenvalue weighted by Gasteiger charge is -2.32. The molecule has 0 N–H and O–H groups in total. The van der Waals surface area contributed by atoms with Crippen molar-refractivity contribution in [3.63, 3.8) is 0 Å². The summed E-state index contributed by atoms with van der Waals surface area (Å²) in [6.45, 7) is 6.09. The fraction of sp³-hybridized carbons (Fsp3) is 0.0909. The van der Waals surface area contributed by atoms with Crippen molar-refractivity contribution in [2.24, 2.45) is 0 Å². The number of hydrogen-bond acceptors (Lipinski definition) is 0. The molecule has 0 saturated carbocycles. The van der Waals surface area contributed by atoms with E-state index in [1.54, 1.807) is 0 Å². The van der Waals surface area contributed by atoms with Gasteiger partial charge in [-0.1, -0.05) is 91.0 Å². The van der Waals surface area contributed by atoms with Gasteiger partial charge in [0, 0.05) is 10.4 Å². The molecular weight excluding hydrogens is 300 g/mol. The molecule has 0 saturated heterocycles. The van der Waals surface area contributed by atoms with Crippen molar-refractivity contribution in [3.05, 3.63) is 113 Å². The summed E-state index contributed by atoms with van der Waals surface area (Å²) in [5.41, 5.74) is 4.62. The first kappa shape index (κ1) is 15.6. The predicted molar refractivity (Wildman–Crippen MR) is 100.0 cm³/mol. The Balaban J connectivity index is 2.20. The van der Waals surface area contributed by atoms with Crippen molar-refractivity contribution in [3.8, 4) is 0 Å². The van der Waals surface area contributed by atoms with E-state index in [2.05, 4.69) is 74.2 Å². The van der Waals surface area contributed by atoms with Gasteiger partial charge in [-0.05, 0) is 41.3 Å². The van der Waals surface area contributed by atoms with E-state index in [0.717, 1.165) is 10.6 Å². The van der Waals surface area contributed by atoms with Crippen molar-refractivity contribution >= 4 is 17.7 Å². The summed E-state index contributed by atoms with van der Waals surface area (Å²) in [4.78, 5) is 0. The summed E-state index contributed by atoms with van der Waals surface area (Å²) in [5.74, 6) is 0. The number of benzene rings is 3. The van der Waals surface area contributed by atoms with E-state index in [-0.39, 0.29) is 5.41 Å². The lowest BCUT2D eigenvalue weighted by Crippen LogP contribution is -2.25. The second kappa shape index (κ2) is 6.44. The van der Waals surface area contributed by atoms with Crippen LogP contribution in [-0.2, 0) is 5.41 Å². The summed E-state index contributed by atoms with van der Waals surface area (Å²) in [5, 5.41) is 0.756. The highest BCUT2D eigenvalue weighted by Gasteiger charge is 2.30. The average Bonchev–Trinajstić information content (AvgIpc) is 2.62. The maximum atomic E-state index is 6.08. The van der Waals surface area contributed by atoms with E-state index in [4.69, 9.17) is 11.6 Å². The lowest BCUT2D eigenvalue weighted by molar-refractivity contribution is 0.692. The molecule has 1 heteroatoms. The highest BCUT2D eigenvalue weighted by Crippen LogP contribution is 2.39. The largest absolute Gasteiger partial charge is 0.0985 e. The quantitative estimate of drug-likeness (QED) is 0.492. The van der Waals surface area contributed by atoms with Crippen molar-refractivity contribution in [2.75, 3.05) is 0 Å². The van der Waals surface area contributed by atoms with E-state index >= 15 is 0 Å². The smallest absolute Gasteiger partial charge is 0.0423 e. The van der Waals surface area contributed by atoms with Crippen LogP contribution in [0, 0.1) is 0 Å². The number of rotatable bonds is 4. The third-order valence-electron chi connectivity index (χ3n) is 4.50. The molecule has 0 radical (unpaired) electrons. The number of halogens is 1. The van der Waals surface area contributed by atoms with E-state index in [0.29, 0.717) is 0 Å². The van der Waals surface area contributed by atoms with Gasteiger partial charge in [0.2, 0.25) is 0 Å². The molecule has 0 aliphatic rings. The molecule has 3 rings (SSSR count). The third kappa shape index (κ3) is 2.95. The maximum absolute atomic E-state index is 6.08. The van der Waals surface area contributed by atoms with Gasteiger partial charge in [0.25, 0.3) is 0 Å². The zero-order chi connectivity index (χ0) is 16.3. The van der Waals surface area contributed by atoms with Gasteiger partial charge in [0.1, 0.15) is 0 Å². The molecule has 114 valence electrons. The SMILES string of the molecule is C=Cc1ccc(C(C)(c2ccccc2)c2ccc(Cl)cc2)cc1. The van der Waals surface area contributed by atoms with E-state index in [9.17, 15) is 0 Å². The van der Waals surface area contributed by atoms with Crippen molar-refractivity contribution in [1.82, 2.24) is 0 Å². The molecule has 0 aromatic heterocycles. The van der Waals surface area contributed by atoms with Crippen LogP contribution in [0.15, 0.2) is 85.4 Å². The van der Waals surface area contributed by atoms with Crippen LogP contribution in [-0.4, -0.2) is 0 Å². The van der Waals surface area contributed by atoms with Crippen molar-refractivity contribution in [1.29, 1.82) is 0 Å². The van der Waals surface area contributed by atoms with Crippen LogP contribution in [0.5, 0.6) is 0 Å². The monoisotopic (exact) mass is 318 g/mol. The highest BCUT2D eigenvalue weighted by molar-refractivity contribution is 6.30. The summed E-state index contributed by atoms with van der Waals surface area (Å²) in [7, 11) is 0. The number of hydrogen-bond donors (Lipinski definition) is 0. The van der Waals surface area contributed by atoms with Crippen molar-refractivity contribution in [2.45, 2.75) is 12.3 Å². The molecule has 0 aliphatic heterocycles. The second-order valence-electron chi connectivity index (χ2n) is 5.82. The van der Waals surface area contributed by atoms with Gasteiger partial charge in [-0.25, -0.2) is 0 Å². The fourth-order valence-electron chi connectivity index (χ4n) is 3.01. The molecule has 0 heterocycles. The Labute approximate surface area is 143 Å². The molecule has 23 heavy (non-hydrogen) atoms. The Morgan fingerprint density at radius 1 is 0.739 bits per heavy atom. The van der Waals surface area contributed by atoms with Gasteiger partial charge in [-0.15, -0.1) is 0 Å². The van der Waals surface area contributed by atoms with Crippen molar-refractivity contribution < 1.29 is 0 Å². The Hall–Kier alpha value is -2.31. The average molecular weight is 319 g/mol. The standard InChI is InChI=1S/C22H19Cl/c1-3-17-9-11-19(12-10-17)22(2,18-7-5-4-6-8-18)20-13-15-21(23)16-14-20/h3-16H,1H2,2H3.